The van der Waals surface area contributed by atoms with Crippen molar-refractivity contribution in [1.82, 2.24) is 5.16 Å². The van der Waals surface area contributed by atoms with E-state index >= 15 is 0 Å². The van der Waals surface area contributed by atoms with Gasteiger partial charge in [0.1, 0.15) is 11.3 Å². The van der Waals surface area contributed by atoms with Crippen molar-refractivity contribution in [3.8, 4) is 11.3 Å². The van der Waals surface area contributed by atoms with Crippen LogP contribution in [0.5, 0.6) is 0 Å². The number of aromatic nitrogens is 1. The van der Waals surface area contributed by atoms with Crippen LogP contribution in [0.1, 0.15) is 29.5 Å². The summed E-state index contributed by atoms with van der Waals surface area (Å²) >= 11 is 5.68. The monoisotopic (exact) mass is 283 g/mol. The van der Waals surface area contributed by atoms with Gasteiger partial charge < -0.3 is 9.63 Å². The third-order valence-corrected chi connectivity index (χ3v) is 2.95. The van der Waals surface area contributed by atoms with Crippen LogP contribution in [-0.2, 0) is 6.42 Å². The van der Waals surface area contributed by atoms with Crippen LogP contribution >= 0.6 is 11.6 Å². The molecular formula is C13H11ClFNO3. The Morgan fingerprint density at radius 2 is 2.26 bits per heavy atom. The topological polar surface area (TPSA) is 63.3 Å². The maximum atomic E-state index is 13.9. The summed E-state index contributed by atoms with van der Waals surface area (Å²) in [6, 6.07) is 4.33. The highest BCUT2D eigenvalue weighted by Crippen LogP contribution is 2.31. The standard InChI is InChI=1S/C13H11ClFNO3/c1-2-4-9-10(13(17)18)12(16-19-9)7-5-3-6-8(14)11(7)15/h3,5-6H,2,4H2,1H3,(H,17,18). The minimum absolute atomic E-state index is 0.0241. The first-order valence-electron chi connectivity index (χ1n) is 5.72. The summed E-state index contributed by atoms with van der Waals surface area (Å²) in [6.07, 6.45) is 1.13. The van der Waals surface area contributed by atoms with Gasteiger partial charge in [-0.2, -0.15) is 0 Å². The minimum atomic E-state index is -1.20. The number of hydrogen-bond acceptors (Lipinski definition) is 3. The highest BCUT2D eigenvalue weighted by Gasteiger charge is 2.25. The predicted octanol–water partition coefficient (Wildman–Crippen LogP) is 3.78. The fourth-order valence-corrected chi connectivity index (χ4v) is 1.99. The Bertz CT molecular complexity index is 624. The molecule has 0 unspecified atom stereocenters. The van der Waals surface area contributed by atoms with E-state index in [9.17, 15) is 14.3 Å². The first-order valence-corrected chi connectivity index (χ1v) is 6.10. The van der Waals surface area contributed by atoms with E-state index in [2.05, 4.69) is 5.16 Å². The van der Waals surface area contributed by atoms with E-state index < -0.39 is 11.8 Å². The third-order valence-electron chi connectivity index (χ3n) is 2.66. The molecule has 0 amide bonds. The number of carboxylic acid groups (broad SMARTS) is 1. The Labute approximate surface area is 113 Å². The summed E-state index contributed by atoms with van der Waals surface area (Å²) in [6.45, 7) is 1.88. The molecule has 1 N–H and O–H groups in total. The third kappa shape index (κ3) is 2.46. The van der Waals surface area contributed by atoms with Crippen molar-refractivity contribution in [3.63, 3.8) is 0 Å². The number of carbonyl (C=O) groups is 1. The van der Waals surface area contributed by atoms with Crippen molar-refractivity contribution in [2.75, 3.05) is 0 Å². The van der Waals surface area contributed by atoms with E-state index in [1.165, 1.54) is 18.2 Å². The molecule has 0 spiro atoms. The number of hydrogen-bond donors (Lipinski definition) is 1. The lowest BCUT2D eigenvalue weighted by Gasteiger charge is -2.02. The number of benzene rings is 1. The average Bonchev–Trinajstić information content (AvgIpc) is 2.77. The molecular weight excluding hydrogens is 273 g/mol. The van der Waals surface area contributed by atoms with Crippen molar-refractivity contribution in [2.45, 2.75) is 19.8 Å². The van der Waals surface area contributed by atoms with E-state index in [4.69, 9.17) is 16.1 Å². The maximum Gasteiger partial charge on any atom is 0.341 e. The van der Waals surface area contributed by atoms with Gasteiger partial charge in [-0.3, -0.25) is 0 Å². The molecule has 1 aromatic heterocycles. The fraction of sp³-hybridized carbons (Fsp3) is 0.231. The molecule has 0 fully saturated rings. The molecule has 2 rings (SSSR count). The zero-order valence-corrected chi connectivity index (χ0v) is 10.9. The van der Waals surface area contributed by atoms with Gasteiger partial charge in [0.15, 0.2) is 11.6 Å². The van der Waals surface area contributed by atoms with Gasteiger partial charge in [-0.1, -0.05) is 29.7 Å². The van der Waals surface area contributed by atoms with Crippen LogP contribution in [0.15, 0.2) is 22.7 Å². The molecule has 0 atom stereocenters. The number of aromatic carboxylic acids is 1. The normalized spacial score (nSPS) is 10.7. The van der Waals surface area contributed by atoms with Crippen LogP contribution in [-0.4, -0.2) is 16.2 Å². The van der Waals surface area contributed by atoms with E-state index in [0.29, 0.717) is 12.8 Å². The lowest BCUT2D eigenvalue weighted by atomic mass is 10.0. The Kier molecular flexibility index (Phi) is 3.85. The van der Waals surface area contributed by atoms with Gasteiger partial charge in [0.2, 0.25) is 0 Å². The number of nitrogens with zero attached hydrogens (tertiary/aromatic N) is 1. The second-order valence-electron chi connectivity index (χ2n) is 3.99. The van der Waals surface area contributed by atoms with Crippen LogP contribution in [0.3, 0.4) is 0 Å². The minimum Gasteiger partial charge on any atom is -0.477 e. The summed E-state index contributed by atoms with van der Waals surface area (Å²) in [7, 11) is 0. The van der Waals surface area contributed by atoms with Crippen molar-refractivity contribution in [2.24, 2.45) is 0 Å². The molecule has 0 aliphatic heterocycles. The van der Waals surface area contributed by atoms with Crippen molar-refractivity contribution in [1.29, 1.82) is 0 Å². The zero-order valence-electron chi connectivity index (χ0n) is 10.1. The second-order valence-corrected chi connectivity index (χ2v) is 4.39. The Hall–Kier alpha value is -1.88. The van der Waals surface area contributed by atoms with Crippen LogP contribution < -0.4 is 0 Å². The zero-order chi connectivity index (χ0) is 14.0. The lowest BCUT2D eigenvalue weighted by molar-refractivity contribution is 0.0695. The largest absolute Gasteiger partial charge is 0.477 e. The van der Waals surface area contributed by atoms with Gasteiger partial charge in [-0.15, -0.1) is 0 Å². The van der Waals surface area contributed by atoms with Gasteiger partial charge >= 0.3 is 5.97 Å². The number of rotatable bonds is 4. The smallest absolute Gasteiger partial charge is 0.341 e. The van der Waals surface area contributed by atoms with Crippen molar-refractivity contribution in [3.05, 3.63) is 40.4 Å². The van der Waals surface area contributed by atoms with Gasteiger partial charge in [-0.05, 0) is 18.6 Å². The summed E-state index contributed by atoms with van der Waals surface area (Å²) in [5.74, 6) is -1.66. The summed E-state index contributed by atoms with van der Waals surface area (Å²) in [5.41, 5.74) is -0.116. The summed E-state index contributed by atoms with van der Waals surface area (Å²) < 4.78 is 18.9. The fourth-order valence-electron chi connectivity index (χ4n) is 1.81. The van der Waals surface area contributed by atoms with Crippen molar-refractivity contribution < 1.29 is 18.8 Å². The molecule has 0 radical (unpaired) electrons. The molecule has 1 heterocycles. The highest BCUT2D eigenvalue weighted by atomic mass is 35.5. The lowest BCUT2D eigenvalue weighted by Crippen LogP contribution is -2.02. The van der Waals surface area contributed by atoms with Crippen molar-refractivity contribution >= 4 is 17.6 Å². The summed E-state index contributed by atoms with van der Waals surface area (Å²) in [4.78, 5) is 11.3. The number of aryl methyl sites for hydroxylation is 1. The van der Waals surface area contributed by atoms with Crippen LogP contribution in [0.2, 0.25) is 5.02 Å². The molecule has 0 saturated carbocycles. The first-order chi connectivity index (χ1) is 9.06. The predicted molar refractivity (Wildman–Crippen MR) is 67.9 cm³/mol. The molecule has 1 aromatic carbocycles. The maximum absolute atomic E-state index is 13.9. The van der Waals surface area contributed by atoms with Gasteiger partial charge in [-0.25, -0.2) is 9.18 Å². The molecule has 4 nitrogen and oxygen atoms in total. The first kappa shape index (κ1) is 13.5. The van der Waals surface area contributed by atoms with Crippen LogP contribution in [0.4, 0.5) is 4.39 Å². The van der Waals surface area contributed by atoms with Gasteiger partial charge in [0.05, 0.1) is 5.02 Å². The molecule has 19 heavy (non-hydrogen) atoms. The van der Waals surface area contributed by atoms with Crippen LogP contribution in [0, 0.1) is 5.82 Å². The molecule has 6 heteroatoms. The Balaban J connectivity index is 2.62. The van der Waals surface area contributed by atoms with E-state index in [-0.39, 0.29) is 27.6 Å². The van der Waals surface area contributed by atoms with Gasteiger partial charge in [0, 0.05) is 12.0 Å². The molecule has 0 aliphatic rings. The van der Waals surface area contributed by atoms with E-state index in [1.54, 1.807) is 0 Å². The molecule has 100 valence electrons. The second kappa shape index (κ2) is 5.40. The summed E-state index contributed by atoms with van der Waals surface area (Å²) in [5, 5.41) is 12.8. The Morgan fingerprint density at radius 1 is 1.53 bits per heavy atom. The quantitative estimate of drug-likeness (QED) is 0.927. The molecule has 0 saturated heterocycles. The molecule has 0 aliphatic carbocycles. The number of halogens is 2. The highest BCUT2D eigenvalue weighted by molar-refractivity contribution is 6.31. The average molecular weight is 284 g/mol. The van der Waals surface area contributed by atoms with Crippen LogP contribution in [0.25, 0.3) is 11.3 Å². The van der Waals surface area contributed by atoms with E-state index in [1.807, 2.05) is 6.92 Å². The number of carboxylic acids is 1. The molecule has 0 bridgehead atoms. The Morgan fingerprint density at radius 3 is 2.89 bits per heavy atom. The van der Waals surface area contributed by atoms with E-state index in [0.717, 1.165) is 0 Å². The SMILES string of the molecule is CCCc1onc(-c2cccc(Cl)c2F)c1C(=O)O. The molecule has 2 aromatic rings. The van der Waals surface area contributed by atoms with Gasteiger partial charge in [0.25, 0.3) is 0 Å².